The fraction of sp³-hybridized carbons (Fsp3) is 0.200. The summed E-state index contributed by atoms with van der Waals surface area (Å²) in [6.45, 7) is 4.27. The summed E-state index contributed by atoms with van der Waals surface area (Å²) in [6, 6.07) is 26.4. The van der Waals surface area contributed by atoms with Gasteiger partial charge in [-0.3, -0.25) is 9.79 Å². The van der Waals surface area contributed by atoms with Crippen molar-refractivity contribution < 1.29 is 4.79 Å². The van der Waals surface area contributed by atoms with Gasteiger partial charge < -0.3 is 0 Å². The molecule has 0 saturated carbocycles. The van der Waals surface area contributed by atoms with Gasteiger partial charge in [-0.05, 0) is 48.6 Å². The maximum atomic E-state index is 12.8. The Labute approximate surface area is 160 Å². The van der Waals surface area contributed by atoms with Crippen LogP contribution in [0.3, 0.4) is 0 Å². The third-order valence-electron chi connectivity index (χ3n) is 5.01. The minimum absolute atomic E-state index is 0.114. The fourth-order valence-electron chi connectivity index (χ4n) is 3.75. The molecule has 3 aromatic carbocycles. The molecule has 0 bridgehead atoms. The number of ketones is 1. The molecule has 4 rings (SSSR count). The Morgan fingerprint density at radius 3 is 2.26 bits per heavy atom. The summed E-state index contributed by atoms with van der Waals surface area (Å²) >= 11 is 0. The molecule has 0 amide bonds. The average molecular weight is 353 g/mol. The molecule has 0 saturated heterocycles. The van der Waals surface area contributed by atoms with E-state index in [1.165, 1.54) is 11.1 Å². The van der Waals surface area contributed by atoms with E-state index in [0.29, 0.717) is 6.42 Å². The average Bonchev–Trinajstić information content (AvgIpc) is 2.68. The Morgan fingerprint density at radius 1 is 0.889 bits per heavy atom. The first-order valence-corrected chi connectivity index (χ1v) is 9.37. The lowest BCUT2D eigenvalue weighted by molar-refractivity contribution is 0.100. The Hall–Kier alpha value is -3.00. The van der Waals surface area contributed by atoms with Crippen molar-refractivity contribution in [2.75, 3.05) is 0 Å². The number of fused-ring (bicyclic) bond motifs is 1. The van der Waals surface area contributed by atoms with E-state index >= 15 is 0 Å². The van der Waals surface area contributed by atoms with Gasteiger partial charge >= 0.3 is 0 Å². The van der Waals surface area contributed by atoms with Gasteiger partial charge in [0, 0.05) is 5.56 Å². The van der Waals surface area contributed by atoms with E-state index in [2.05, 4.69) is 44.2 Å². The number of benzene rings is 3. The van der Waals surface area contributed by atoms with E-state index in [1.807, 2.05) is 48.5 Å². The zero-order chi connectivity index (χ0) is 18.9. The smallest absolute Gasteiger partial charge is 0.168 e. The van der Waals surface area contributed by atoms with Crippen molar-refractivity contribution in [2.45, 2.75) is 32.2 Å². The minimum atomic E-state index is -0.187. The van der Waals surface area contributed by atoms with Gasteiger partial charge in [-0.2, -0.15) is 0 Å². The molecular weight excluding hydrogens is 330 g/mol. The van der Waals surface area contributed by atoms with E-state index in [4.69, 9.17) is 4.99 Å². The Balaban J connectivity index is 1.73. The maximum absolute atomic E-state index is 12.8. The van der Waals surface area contributed by atoms with Crippen LogP contribution in [0.4, 0.5) is 0 Å². The lowest BCUT2D eigenvalue weighted by Crippen LogP contribution is -2.30. The van der Waals surface area contributed by atoms with Gasteiger partial charge in [-0.15, -0.1) is 0 Å². The van der Waals surface area contributed by atoms with E-state index in [9.17, 15) is 4.79 Å². The lowest BCUT2D eigenvalue weighted by Gasteiger charge is -2.29. The summed E-state index contributed by atoms with van der Waals surface area (Å²) in [5.41, 5.74) is 6.17. The van der Waals surface area contributed by atoms with Crippen LogP contribution >= 0.6 is 0 Å². The van der Waals surface area contributed by atoms with Gasteiger partial charge in [-0.25, -0.2) is 0 Å². The molecule has 1 aliphatic heterocycles. The van der Waals surface area contributed by atoms with Gasteiger partial charge in [0.25, 0.3) is 0 Å². The van der Waals surface area contributed by atoms with Crippen molar-refractivity contribution in [1.29, 1.82) is 0 Å². The van der Waals surface area contributed by atoms with E-state index in [0.717, 1.165) is 28.8 Å². The van der Waals surface area contributed by atoms with Crippen molar-refractivity contribution in [3.8, 4) is 11.1 Å². The molecule has 27 heavy (non-hydrogen) atoms. The second-order valence-corrected chi connectivity index (χ2v) is 7.75. The summed E-state index contributed by atoms with van der Waals surface area (Å²) in [5, 5.41) is 0. The number of aliphatic imine (C=N–C) groups is 1. The van der Waals surface area contributed by atoms with Crippen LogP contribution in [0.15, 0.2) is 83.9 Å². The molecule has 2 heteroatoms. The highest BCUT2D eigenvalue weighted by atomic mass is 16.1. The van der Waals surface area contributed by atoms with Crippen LogP contribution in [0, 0.1) is 0 Å². The van der Waals surface area contributed by atoms with Crippen LogP contribution in [0.5, 0.6) is 0 Å². The topological polar surface area (TPSA) is 29.4 Å². The van der Waals surface area contributed by atoms with Gasteiger partial charge in [0.15, 0.2) is 5.78 Å². The summed E-state index contributed by atoms with van der Waals surface area (Å²) in [4.78, 5) is 17.8. The highest BCUT2D eigenvalue weighted by molar-refractivity contribution is 6.17. The molecule has 0 atom stereocenters. The molecule has 1 heterocycles. The number of hydrogen-bond acceptors (Lipinski definition) is 2. The highest BCUT2D eigenvalue weighted by Gasteiger charge is 2.28. The number of hydrogen-bond donors (Lipinski definition) is 0. The van der Waals surface area contributed by atoms with E-state index < -0.39 is 0 Å². The molecule has 0 fully saturated rings. The molecule has 2 nitrogen and oxygen atoms in total. The first-order chi connectivity index (χ1) is 13.0. The normalized spacial score (nSPS) is 15.0. The largest absolute Gasteiger partial charge is 0.294 e. The predicted molar refractivity (Wildman–Crippen MR) is 112 cm³/mol. The maximum Gasteiger partial charge on any atom is 0.168 e. The van der Waals surface area contributed by atoms with Gasteiger partial charge in [0.1, 0.15) is 0 Å². The monoisotopic (exact) mass is 353 g/mol. The van der Waals surface area contributed by atoms with E-state index in [-0.39, 0.29) is 11.3 Å². The molecule has 134 valence electrons. The molecule has 0 N–H and O–H groups in total. The molecule has 1 aliphatic rings. The Bertz CT molecular complexity index is 1000. The third kappa shape index (κ3) is 3.75. The van der Waals surface area contributed by atoms with Gasteiger partial charge in [0.05, 0.1) is 17.7 Å². The van der Waals surface area contributed by atoms with Crippen molar-refractivity contribution >= 4 is 11.5 Å². The fourth-order valence-corrected chi connectivity index (χ4v) is 3.75. The number of nitrogens with zero attached hydrogens (tertiary/aromatic N) is 1. The SMILES string of the molecule is CC1(C)Cc2ccc(-c3ccccc3)cc2C(CC(=O)c2ccccc2)=N1. The summed E-state index contributed by atoms with van der Waals surface area (Å²) in [6.07, 6.45) is 1.22. The highest BCUT2D eigenvalue weighted by Crippen LogP contribution is 2.31. The van der Waals surface area contributed by atoms with Gasteiger partial charge in [-0.1, -0.05) is 72.8 Å². The second-order valence-electron chi connectivity index (χ2n) is 7.75. The van der Waals surface area contributed by atoms with Crippen LogP contribution in [0.25, 0.3) is 11.1 Å². The molecule has 0 aliphatic carbocycles. The second kappa shape index (κ2) is 6.96. The lowest BCUT2D eigenvalue weighted by atomic mass is 9.84. The zero-order valence-electron chi connectivity index (χ0n) is 15.8. The van der Waals surface area contributed by atoms with Gasteiger partial charge in [0.2, 0.25) is 0 Å². The Morgan fingerprint density at radius 2 is 1.56 bits per heavy atom. The molecule has 0 radical (unpaired) electrons. The van der Waals surface area contributed by atoms with Crippen LogP contribution in [0.2, 0.25) is 0 Å². The van der Waals surface area contributed by atoms with Crippen LogP contribution in [0.1, 0.15) is 41.8 Å². The Kier molecular flexibility index (Phi) is 4.49. The molecule has 0 unspecified atom stereocenters. The molecular formula is C25H23NO. The quantitative estimate of drug-likeness (QED) is 0.549. The van der Waals surface area contributed by atoms with Crippen molar-refractivity contribution in [3.63, 3.8) is 0 Å². The molecule has 0 aromatic heterocycles. The first-order valence-electron chi connectivity index (χ1n) is 9.37. The van der Waals surface area contributed by atoms with Crippen LogP contribution in [-0.2, 0) is 6.42 Å². The number of Topliss-reactive ketones (excluding diaryl/α,β-unsaturated/α-hetero) is 1. The minimum Gasteiger partial charge on any atom is -0.294 e. The standard InChI is InChI=1S/C25H23NO/c1-25(2)17-21-14-13-20(18-9-5-3-6-10-18)15-22(21)23(26-25)16-24(27)19-11-7-4-8-12-19/h3-15H,16-17H2,1-2H3. The third-order valence-corrected chi connectivity index (χ3v) is 5.01. The number of carbonyl (C=O) groups excluding carboxylic acids is 1. The summed E-state index contributed by atoms with van der Waals surface area (Å²) < 4.78 is 0. The van der Waals surface area contributed by atoms with E-state index in [1.54, 1.807) is 0 Å². The molecule has 3 aromatic rings. The number of carbonyl (C=O) groups is 1. The number of rotatable bonds is 4. The van der Waals surface area contributed by atoms with Crippen LogP contribution in [-0.4, -0.2) is 17.0 Å². The summed E-state index contributed by atoms with van der Waals surface area (Å²) in [7, 11) is 0. The molecule has 0 spiro atoms. The van der Waals surface area contributed by atoms with Crippen LogP contribution < -0.4 is 0 Å². The van der Waals surface area contributed by atoms with Crippen molar-refractivity contribution in [2.24, 2.45) is 4.99 Å². The van der Waals surface area contributed by atoms with Crippen molar-refractivity contribution in [3.05, 3.63) is 95.6 Å². The predicted octanol–water partition coefficient (Wildman–Crippen LogP) is 5.75. The first kappa shape index (κ1) is 17.4. The zero-order valence-corrected chi connectivity index (χ0v) is 15.8. The summed E-state index contributed by atoms with van der Waals surface area (Å²) in [5.74, 6) is 0.114. The van der Waals surface area contributed by atoms with Crippen molar-refractivity contribution in [1.82, 2.24) is 0 Å².